The average Bonchev–Trinajstić information content (AvgIpc) is 2.70. The summed E-state index contributed by atoms with van der Waals surface area (Å²) < 4.78 is 0. The fraction of sp³-hybridized carbons (Fsp3) is 0.812. The first-order valence-electron chi connectivity index (χ1n) is 8.50. The predicted molar refractivity (Wildman–Crippen MR) is 92.6 cm³/mol. The van der Waals surface area contributed by atoms with Gasteiger partial charge in [0.25, 0.3) is 0 Å². The quantitative estimate of drug-likeness (QED) is 0.684. The van der Waals surface area contributed by atoms with Crippen LogP contribution in [0.5, 0.6) is 0 Å². The molecule has 4 amide bonds. The molecule has 1 aliphatic rings. The highest BCUT2D eigenvalue weighted by molar-refractivity contribution is 5.95. The number of carbonyl (C=O) groups excluding carboxylic acids is 3. The van der Waals surface area contributed by atoms with Gasteiger partial charge in [-0.1, -0.05) is 13.8 Å². The van der Waals surface area contributed by atoms with Gasteiger partial charge in [-0.05, 0) is 25.4 Å². The van der Waals surface area contributed by atoms with E-state index in [-0.39, 0.29) is 18.4 Å². The summed E-state index contributed by atoms with van der Waals surface area (Å²) in [5, 5.41) is 5.02. The van der Waals surface area contributed by atoms with Gasteiger partial charge in [-0.3, -0.25) is 24.7 Å². The van der Waals surface area contributed by atoms with Gasteiger partial charge >= 0.3 is 6.03 Å². The van der Waals surface area contributed by atoms with E-state index in [9.17, 15) is 14.4 Å². The van der Waals surface area contributed by atoms with Crippen LogP contribution in [0.1, 0.15) is 20.3 Å². The van der Waals surface area contributed by atoms with Gasteiger partial charge in [-0.15, -0.1) is 0 Å². The molecule has 138 valence electrons. The second kappa shape index (κ2) is 10.2. The smallest absolute Gasteiger partial charge is 0.321 e. The Hall–Kier alpha value is -1.67. The molecule has 2 N–H and O–H groups in total. The lowest BCUT2D eigenvalue weighted by molar-refractivity contribution is -0.130. The summed E-state index contributed by atoms with van der Waals surface area (Å²) in [4.78, 5) is 41.0. The van der Waals surface area contributed by atoms with Crippen molar-refractivity contribution >= 4 is 17.8 Å². The number of likely N-dealkylation sites (N-methyl/N-ethyl adjacent to an activating group) is 1. The molecule has 0 aliphatic carbocycles. The maximum atomic E-state index is 11.9. The van der Waals surface area contributed by atoms with Crippen molar-refractivity contribution in [3.8, 4) is 0 Å². The molecule has 0 radical (unpaired) electrons. The molecular formula is C16H31N5O3. The van der Waals surface area contributed by atoms with Crippen molar-refractivity contribution in [2.45, 2.75) is 20.3 Å². The van der Waals surface area contributed by atoms with Crippen LogP contribution in [0.2, 0.25) is 0 Å². The number of nitrogens with one attached hydrogen (secondary N) is 2. The Balaban J connectivity index is 2.32. The van der Waals surface area contributed by atoms with Crippen LogP contribution in [0.3, 0.4) is 0 Å². The topological polar surface area (TPSA) is 85.0 Å². The van der Waals surface area contributed by atoms with Gasteiger partial charge < -0.3 is 10.2 Å². The molecule has 0 spiro atoms. The monoisotopic (exact) mass is 341 g/mol. The Morgan fingerprint density at radius 3 is 2.12 bits per heavy atom. The van der Waals surface area contributed by atoms with Crippen molar-refractivity contribution in [1.29, 1.82) is 0 Å². The van der Waals surface area contributed by atoms with E-state index in [0.29, 0.717) is 25.6 Å². The molecule has 0 aromatic carbocycles. The molecule has 0 atom stereocenters. The summed E-state index contributed by atoms with van der Waals surface area (Å²) >= 11 is 0. The van der Waals surface area contributed by atoms with Gasteiger partial charge in [-0.25, -0.2) is 4.79 Å². The first-order valence-corrected chi connectivity index (χ1v) is 8.50. The van der Waals surface area contributed by atoms with E-state index in [1.807, 2.05) is 18.7 Å². The van der Waals surface area contributed by atoms with Crippen LogP contribution in [0, 0.1) is 5.92 Å². The van der Waals surface area contributed by atoms with E-state index < -0.39 is 6.03 Å². The van der Waals surface area contributed by atoms with Gasteiger partial charge in [0, 0.05) is 33.7 Å². The molecule has 0 unspecified atom stereocenters. The zero-order valence-electron chi connectivity index (χ0n) is 15.3. The van der Waals surface area contributed by atoms with Crippen molar-refractivity contribution in [2.24, 2.45) is 5.92 Å². The van der Waals surface area contributed by atoms with Crippen molar-refractivity contribution in [3.63, 3.8) is 0 Å². The molecule has 0 bridgehead atoms. The molecule has 8 nitrogen and oxygen atoms in total. The Morgan fingerprint density at radius 2 is 1.58 bits per heavy atom. The number of rotatable bonds is 6. The third kappa shape index (κ3) is 8.26. The average molecular weight is 341 g/mol. The third-order valence-corrected chi connectivity index (χ3v) is 3.83. The molecule has 1 saturated heterocycles. The van der Waals surface area contributed by atoms with Crippen LogP contribution >= 0.6 is 0 Å². The second-order valence-electron chi connectivity index (χ2n) is 6.85. The van der Waals surface area contributed by atoms with E-state index in [0.717, 1.165) is 26.1 Å². The van der Waals surface area contributed by atoms with Crippen LogP contribution < -0.4 is 10.6 Å². The van der Waals surface area contributed by atoms with E-state index in [1.54, 1.807) is 19.0 Å². The zero-order chi connectivity index (χ0) is 18.1. The molecule has 24 heavy (non-hydrogen) atoms. The number of urea groups is 1. The Bertz CT molecular complexity index is 439. The van der Waals surface area contributed by atoms with Crippen LogP contribution in [-0.4, -0.2) is 92.5 Å². The minimum atomic E-state index is -0.443. The number of amides is 4. The second-order valence-corrected chi connectivity index (χ2v) is 6.85. The van der Waals surface area contributed by atoms with Crippen LogP contribution in [-0.2, 0) is 9.59 Å². The van der Waals surface area contributed by atoms with Crippen molar-refractivity contribution in [3.05, 3.63) is 0 Å². The van der Waals surface area contributed by atoms with Gasteiger partial charge in [-0.2, -0.15) is 0 Å². The molecule has 0 aromatic rings. The summed E-state index contributed by atoms with van der Waals surface area (Å²) in [5.74, 6) is 0.129. The fourth-order valence-corrected chi connectivity index (χ4v) is 2.38. The molecule has 1 aliphatic heterocycles. The van der Waals surface area contributed by atoms with Crippen molar-refractivity contribution in [1.82, 2.24) is 25.3 Å². The van der Waals surface area contributed by atoms with Crippen molar-refractivity contribution < 1.29 is 14.4 Å². The number of carbonyl (C=O) groups is 3. The Labute approximate surface area is 144 Å². The summed E-state index contributed by atoms with van der Waals surface area (Å²) in [6.45, 7) is 8.21. The minimum Gasteiger partial charge on any atom is -0.348 e. The number of nitrogens with zero attached hydrogens (tertiary/aromatic N) is 3. The predicted octanol–water partition coefficient (Wildman–Crippen LogP) is -0.436. The minimum absolute atomic E-state index is 0.0861. The summed E-state index contributed by atoms with van der Waals surface area (Å²) in [7, 11) is 3.50. The Kier molecular flexibility index (Phi) is 8.70. The molecule has 1 rings (SSSR count). The SMILES string of the molecule is CC(C)CNC(=O)NC(=O)CN1CCCN(CC(=O)N(C)C)CC1. The lowest BCUT2D eigenvalue weighted by Crippen LogP contribution is -2.46. The van der Waals surface area contributed by atoms with Crippen LogP contribution in [0.15, 0.2) is 0 Å². The maximum Gasteiger partial charge on any atom is 0.321 e. The normalized spacial score (nSPS) is 16.5. The van der Waals surface area contributed by atoms with Gasteiger partial charge in [0.1, 0.15) is 0 Å². The lowest BCUT2D eigenvalue weighted by Gasteiger charge is -2.22. The molecule has 1 heterocycles. The zero-order valence-corrected chi connectivity index (χ0v) is 15.3. The molecule has 8 heteroatoms. The van der Waals surface area contributed by atoms with Gasteiger partial charge in [0.05, 0.1) is 13.1 Å². The fourth-order valence-electron chi connectivity index (χ4n) is 2.38. The van der Waals surface area contributed by atoms with E-state index in [1.165, 1.54) is 0 Å². The summed E-state index contributed by atoms with van der Waals surface area (Å²) in [6, 6.07) is -0.443. The maximum absolute atomic E-state index is 11.9. The van der Waals surface area contributed by atoms with Crippen LogP contribution in [0.25, 0.3) is 0 Å². The largest absolute Gasteiger partial charge is 0.348 e. The molecular weight excluding hydrogens is 310 g/mol. The lowest BCUT2D eigenvalue weighted by atomic mass is 10.2. The number of imide groups is 1. The van der Waals surface area contributed by atoms with Gasteiger partial charge in [0.15, 0.2) is 0 Å². The first kappa shape index (κ1) is 20.4. The molecule has 0 aromatic heterocycles. The van der Waals surface area contributed by atoms with E-state index in [4.69, 9.17) is 0 Å². The van der Waals surface area contributed by atoms with Crippen molar-refractivity contribution in [2.75, 3.05) is 59.9 Å². The number of hydrogen-bond acceptors (Lipinski definition) is 5. The standard InChI is InChI=1S/C16H31N5O3/c1-13(2)10-17-16(24)18-14(22)11-20-6-5-7-21(9-8-20)12-15(23)19(3)4/h13H,5-12H2,1-4H3,(H2,17,18,22,24). The Morgan fingerprint density at radius 1 is 1.00 bits per heavy atom. The molecule has 0 saturated carbocycles. The highest BCUT2D eigenvalue weighted by Gasteiger charge is 2.20. The first-order chi connectivity index (χ1) is 11.3. The summed E-state index contributed by atoms with van der Waals surface area (Å²) in [6.07, 6.45) is 0.896. The summed E-state index contributed by atoms with van der Waals surface area (Å²) in [5.41, 5.74) is 0. The highest BCUT2D eigenvalue weighted by atomic mass is 16.2. The van der Waals surface area contributed by atoms with E-state index in [2.05, 4.69) is 15.5 Å². The number of hydrogen-bond donors (Lipinski definition) is 2. The van der Waals surface area contributed by atoms with E-state index >= 15 is 0 Å². The third-order valence-electron chi connectivity index (χ3n) is 3.83. The van der Waals surface area contributed by atoms with Crippen LogP contribution in [0.4, 0.5) is 4.79 Å². The van der Waals surface area contributed by atoms with Gasteiger partial charge in [0.2, 0.25) is 11.8 Å². The molecule has 1 fully saturated rings. The highest BCUT2D eigenvalue weighted by Crippen LogP contribution is 2.03.